The Kier molecular flexibility index (Phi) is 4.57. The molecule has 0 saturated heterocycles. The van der Waals surface area contributed by atoms with Crippen molar-refractivity contribution in [1.82, 2.24) is 10.3 Å². The number of hydrogen-bond donors (Lipinski definition) is 2. The predicted molar refractivity (Wildman–Crippen MR) is 75.2 cm³/mol. The van der Waals surface area contributed by atoms with Gasteiger partial charge in [-0.3, -0.25) is 4.79 Å². The molecule has 0 radical (unpaired) electrons. The van der Waals surface area contributed by atoms with Crippen LogP contribution in [0.4, 0.5) is 5.82 Å². The second kappa shape index (κ2) is 5.57. The van der Waals surface area contributed by atoms with Gasteiger partial charge in [0.05, 0.1) is 10.6 Å². The van der Waals surface area contributed by atoms with Crippen LogP contribution >= 0.6 is 11.6 Å². The number of nitrogens with one attached hydrogen (secondary N) is 2. The molecule has 0 aromatic carbocycles. The van der Waals surface area contributed by atoms with Crippen LogP contribution in [0.25, 0.3) is 0 Å². The van der Waals surface area contributed by atoms with E-state index in [-0.39, 0.29) is 17.4 Å². The average Bonchev–Trinajstić information content (AvgIpc) is 2.28. The van der Waals surface area contributed by atoms with Crippen molar-refractivity contribution >= 4 is 23.3 Å². The van der Waals surface area contributed by atoms with E-state index < -0.39 is 0 Å². The summed E-state index contributed by atoms with van der Waals surface area (Å²) < 4.78 is 0. The van der Waals surface area contributed by atoms with Crippen molar-refractivity contribution < 1.29 is 4.79 Å². The minimum Gasteiger partial charge on any atom is -0.373 e. The minimum atomic E-state index is -0.179. The number of nitrogens with zero attached hydrogens (tertiary/aromatic N) is 1. The highest BCUT2D eigenvalue weighted by atomic mass is 35.5. The second-order valence-corrected chi connectivity index (χ2v) is 5.77. The number of hydrogen-bond acceptors (Lipinski definition) is 3. The molecule has 0 aliphatic carbocycles. The molecule has 4 nitrogen and oxygen atoms in total. The predicted octanol–water partition coefficient (Wildman–Crippen LogP) is 2.94. The van der Waals surface area contributed by atoms with Crippen molar-refractivity contribution in [2.24, 2.45) is 5.41 Å². The smallest absolute Gasteiger partial charge is 0.253 e. The van der Waals surface area contributed by atoms with E-state index in [2.05, 4.69) is 36.4 Å². The molecule has 2 N–H and O–H groups in total. The number of aromatic nitrogens is 1. The van der Waals surface area contributed by atoms with Crippen molar-refractivity contribution in [2.75, 3.05) is 12.4 Å². The molecule has 5 heteroatoms. The molecular weight excluding hydrogens is 250 g/mol. The minimum absolute atomic E-state index is 0.000995. The molecule has 1 unspecified atom stereocenters. The highest BCUT2D eigenvalue weighted by Crippen LogP contribution is 2.21. The van der Waals surface area contributed by atoms with E-state index >= 15 is 0 Å². The molecule has 1 amide bonds. The van der Waals surface area contributed by atoms with Gasteiger partial charge in [-0.2, -0.15) is 0 Å². The lowest BCUT2D eigenvalue weighted by molar-refractivity contribution is 0.0910. The van der Waals surface area contributed by atoms with Gasteiger partial charge in [-0.05, 0) is 18.4 Å². The summed E-state index contributed by atoms with van der Waals surface area (Å²) in [4.78, 5) is 16.2. The number of rotatable bonds is 3. The Bertz CT molecular complexity index is 440. The van der Waals surface area contributed by atoms with Crippen molar-refractivity contribution in [3.05, 3.63) is 22.8 Å². The Hall–Kier alpha value is -1.29. The summed E-state index contributed by atoms with van der Waals surface area (Å²) in [5.41, 5.74) is 0.438. The van der Waals surface area contributed by atoms with E-state index in [1.54, 1.807) is 13.1 Å². The molecule has 0 bridgehead atoms. The van der Waals surface area contributed by atoms with Crippen LogP contribution in [0, 0.1) is 5.41 Å². The van der Waals surface area contributed by atoms with Gasteiger partial charge in [0.25, 0.3) is 5.91 Å². The molecule has 1 aromatic heterocycles. The van der Waals surface area contributed by atoms with Gasteiger partial charge in [-0.25, -0.2) is 4.98 Å². The first-order valence-electron chi connectivity index (χ1n) is 5.90. The third kappa shape index (κ3) is 3.60. The molecule has 100 valence electrons. The van der Waals surface area contributed by atoms with Gasteiger partial charge >= 0.3 is 0 Å². The van der Waals surface area contributed by atoms with Crippen LogP contribution in [-0.4, -0.2) is 24.0 Å². The monoisotopic (exact) mass is 269 g/mol. The lowest BCUT2D eigenvalue weighted by atomic mass is 9.88. The van der Waals surface area contributed by atoms with E-state index in [4.69, 9.17) is 11.6 Å². The number of anilines is 1. The van der Waals surface area contributed by atoms with Crippen molar-refractivity contribution in [2.45, 2.75) is 33.7 Å². The molecule has 0 fully saturated rings. The number of pyridine rings is 1. The molecule has 0 spiro atoms. The molecule has 1 aromatic rings. The van der Waals surface area contributed by atoms with Gasteiger partial charge in [0, 0.05) is 19.3 Å². The maximum Gasteiger partial charge on any atom is 0.253 e. The average molecular weight is 270 g/mol. The third-order valence-electron chi connectivity index (χ3n) is 3.00. The summed E-state index contributed by atoms with van der Waals surface area (Å²) in [7, 11) is 1.75. The van der Waals surface area contributed by atoms with E-state index in [9.17, 15) is 4.79 Å². The van der Waals surface area contributed by atoms with Crippen LogP contribution in [0.15, 0.2) is 12.3 Å². The number of halogens is 1. The van der Waals surface area contributed by atoms with E-state index in [0.29, 0.717) is 16.4 Å². The van der Waals surface area contributed by atoms with Gasteiger partial charge in [-0.15, -0.1) is 0 Å². The second-order valence-electron chi connectivity index (χ2n) is 5.36. The highest BCUT2D eigenvalue weighted by Gasteiger charge is 2.23. The van der Waals surface area contributed by atoms with Crippen LogP contribution in [0.5, 0.6) is 0 Å². The zero-order valence-corrected chi connectivity index (χ0v) is 12.2. The topological polar surface area (TPSA) is 54.0 Å². The lowest BCUT2D eigenvalue weighted by Gasteiger charge is -2.28. The Morgan fingerprint density at radius 1 is 1.44 bits per heavy atom. The van der Waals surface area contributed by atoms with Crippen LogP contribution in [-0.2, 0) is 0 Å². The largest absolute Gasteiger partial charge is 0.373 e. The first kappa shape index (κ1) is 14.8. The SMILES string of the molecule is CNc1cc(C(=O)NC(C)C(C)(C)C)c(Cl)cn1. The molecule has 1 atom stereocenters. The van der Waals surface area contributed by atoms with Crippen molar-refractivity contribution in [3.8, 4) is 0 Å². The maximum atomic E-state index is 12.1. The first-order valence-corrected chi connectivity index (χ1v) is 6.27. The quantitative estimate of drug-likeness (QED) is 0.887. The molecule has 0 aliphatic rings. The Balaban J connectivity index is 2.91. The van der Waals surface area contributed by atoms with Gasteiger partial charge < -0.3 is 10.6 Å². The molecule has 1 rings (SSSR count). The van der Waals surface area contributed by atoms with Gasteiger partial charge in [-0.1, -0.05) is 32.4 Å². The summed E-state index contributed by atoms with van der Waals surface area (Å²) in [6, 6.07) is 1.69. The summed E-state index contributed by atoms with van der Waals surface area (Å²) in [6.45, 7) is 8.20. The first-order chi connectivity index (χ1) is 8.25. The molecule has 1 heterocycles. The van der Waals surface area contributed by atoms with E-state index in [0.717, 1.165) is 0 Å². The van der Waals surface area contributed by atoms with Crippen LogP contribution in [0.2, 0.25) is 5.02 Å². The fraction of sp³-hybridized carbons (Fsp3) is 0.538. The zero-order valence-electron chi connectivity index (χ0n) is 11.5. The fourth-order valence-corrected chi connectivity index (χ4v) is 1.43. The maximum absolute atomic E-state index is 12.1. The van der Waals surface area contributed by atoms with E-state index in [1.165, 1.54) is 6.20 Å². The van der Waals surface area contributed by atoms with Crippen molar-refractivity contribution in [1.29, 1.82) is 0 Å². The van der Waals surface area contributed by atoms with Crippen LogP contribution in [0.3, 0.4) is 0 Å². The lowest BCUT2D eigenvalue weighted by Crippen LogP contribution is -2.41. The Labute approximate surface area is 113 Å². The normalized spacial score (nSPS) is 13.0. The van der Waals surface area contributed by atoms with Crippen molar-refractivity contribution in [3.63, 3.8) is 0 Å². The Morgan fingerprint density at radius 3 is 2.56 bits per heavy atom. The standard InChI is InChI=1S/C13H20ClN3O/c1-8(13(2,3)4)17-12(18)9-6-11(15-5)16-7-10(9)14/h6-8H,1-5H3,(H,15,16)(H,17,18). The third-order valence-corrected chi connectivity index (χ3v) is 3.30. The molecule has 18 heavy (non-hydrogen) atoms. The van der Waals surface area contributed by atoms with Crippen LogP contribution < -0.4 is 10.6 Å². The molecule has 0 saturated carbocycles. The van der Waals surface area contributed by atoms with Gasteiger partial charge in [0.1, 0.15) is 5.82 Å². The fourth-order valence-electron chi connectivity index (χ4n) is 1.24. The number of carbonyl (C=O) groups excluding carboxylic acids is 1. The van der Waals surface area contributed by atoms with Crippen LogP contribution in [0.1, 0.15) is 38.1 Å². The highest BCUT2D eigenvalue weighted by molar-refractivity contribution is 6.33. The number of amides is 1. The summed E-state index contributed by atoms with van der Waals surface area (Å²) in [5, 5.41) is 6.19. The summed E-state index contributed by atoms with van der Waals surface area (Å²) in [5.74, 6) is 0.439. The zero-order chi connectivity index (χ0) is 13.9. The van der Waals surface area contributed by atoms with E-state index in [1.807, 2.05) is 6.92 Å². The molecule has 0 aliphatic heterocycles. The summed E-state index contributed by atoms with van der Waals surface area (Å²) in [6.07, 6.45) is 1.48. The Morgan fingerprint density at radius 2 is 2.06 bits per heavy atom. The molecular formula is C13H20ClN3O. The summed E-state index contributed by atoms with van der Waals surface area (Å²) >= 11 is 5.99. The number of carbonyl (C=O) groups is 1. The van der Waals surface area contributed by atoms with Gasteiger partial charge in [0.15, 0.2) is 0 Å². The van der Waals surface area contributed by atoms with Gasteiger partial charge in [0.2, 0.25) is 0 Å².